The zero-order valence-electron chi connectivity index (χ0n) is 13.8. The number of likely N-dealkylation sites (tertiary alicyclic amines) is 1. The van der Waals surface area contributed by atoms with Crippen molar-refractivity contribution in [1.29, 1.82) is 0 Å². The molecule has 1 saturated heterocycles. The van der Waals surface area contributed by atoms with Crippen molar-refractivity contribution >= 4 is 17.3 Å². The first-order valence-electron chi connectivity index (χ1n) is 8.16. The molecule has 2 heterocycles. The van der Waals surface area contributed by atoms with Crippen LogP contribution in [0, 0.1) is 5.92 Å². The lowest BCUT2D eigenvalue weighted by atomic mass is 9.98. The topological polar surface area (TPSA) is 62.7 Å². The molecule has 1 aromatic carbocycles. The lowest BCUT2D eigenvalue weighted by Crippen LogP contribution is -2.34. The van der Waals surface area contributed by atoms with Gasteiger partial charge in [0.1, 0.15) is 5.01 Å². The van der Waals surface area contributed by atoms with Crippen LogP contribution in [0.25, 0.3) is 10.6 Å². The van der Waals surface area contributed by atoms with Gasteiger partial charge in [0.05, 0.1) is 18.4 Å². The highest BCUT2D eigenvalue weighted by atomic mass is 32.1. The van der Waals surface area contributed by atoms with Gasteiger partial charge in [0, 0.05) is 24.1 Å². The Morgan fingerprint density at radius 3 is 2.92 bits per heavy atom. The van der Waals surface area contributed by atoms with Gasteiger partial charge in [-0.15, -0.1) is 11.3 Å². The normalized spacial score (nSPS) is 16.2. The summed E-state index contributed by atoms with van der Waals surface area (Å²) >= 11 is 1.59. The van der Waals surface area contributed by atoms with Gasteiger partial charge in [-0.1, -0.05) is 12.1 Å². The molecule has 1 N–H and O–H groups in total. The Morgan fingerprint density at radius 1 is 1.42 bits per heavy atom. The number of carbonyl (C=O) groups is 1. The monoisotopic (exact) mass is 346 g/mol. The Labute approximate surface area is 145 Å². The molecule has 1 fully saturated rings. The van der Waals surface area contributed by atoms with Crippen molar-refractivity contribution < 1.29 is 14.6 Å². The second kappa shape index (κ2) is 7.88. The number of carbonyl (C=O) groups excluding carboxylic acids is 1. The van der Waals surface area contributed by atoms with Crippen molar-refractivity contribution in [3.8, 4) is 10.6 Å². The number of aliphatic hydroxyl groups is 1. The summed E-state index contributed by atoms with van der Waals surface area (Å²) in [6.45, 7) is 3.16. The summed E-state index contributed by atoms with van der Waals surface area (Å²) in [7, 11) is 1.39. The van der Waals surface area contributed by atoms with Gasteiger partial charge in [-0.2, -0.15) is 0 Å². The number of hydrogen-bond acceptors (Lipinski definition) is 6. The number of ether oxygens (including phenoxy) is 1. The number of aromatic nitrogens is 1. The molecule has 0 saturated carbocycles. The smallest absolute Gasteiger partial charge is 0.337 e. The molecule has 0 radical (unpaired) electrons. The fourth-order valence-electron chi connectivity index (χ4n) is 2.97. The van der Waals surface area contributed by atoms with Crippen LogP contribution in [0.1, 0.15) is 28.9 Å². The largest absolute Gasteiger partial charge is 0.465 e. The molecule has 0 unspecified atom stereocenters. The van der Waals surface area contributed by atoms with Crippen molar-refractivity contribution in [3.05, 3.63) is 40.9 Å². The van der Waals surface area contributed by atoms with E-state index in [9.17, 15) is 9.90 Å². The van der Waals surface area contributed by atoms with Gasteiger partial charge >= 0.3 is 5.97 Å². The van der Waals surface area contributed by atoms with Crippen molar-refractivity contribution in [2.75, 3.05) is 26.8 Å². The van der Waals surface area contributed by atoms with Crippen molar-refractivity contribution in [3.63, 3.8) is 0 Å². The number of aliphatic hydroxyl groups excluding tert-OH is 1. The highest BCUT2D eigenvalue weighted by molar-refractivity contribution is 7.13. The Balaban J connectivity index is 1.66. The lowest BCUT2D eigenvalue weighted by molar-refractivity contribution is 0.0601. The van der Waals surface area contributed by atoms with Crippen LogP contribution >= 0.6 is 11.3 Å². The van der Waals surface area contributed by atoms with Crippen LogP contribution in [0.4, 0.5) is 0 Å². The van der Waals surface area contributed by atoms with E-state index in [0.717, 1.165) is 48.7 Å². The highest BCUT2D eigenvalue weighted by Gasteiger charge is 2.19. The summed E-state index contributed by atoms with van der Waals surface area (Å²) in [4.78, 5) is 18.8. The van der Waals surface area contributed by atoms with Crippen LogP contribution in [-0.4, -0.2) is 47.8 Å². The van der Waals surface area contributed by atoms with Crippen molar-refractivity contribution in [2.24, 2.45) is 5.92 Å². The van der Waals surface area contributed by atoms with E-state index in [2.05, 4.69) is 10.3 Å². The average Bonchev–Trinajstić information content (AvgIpc) is 3.10. The van der Waals surface area contributed by atoms with E-state index in [1.54, 1.807) is 17.4 Å². The van der Waals surface area contributed by atoms with E-state index in [1.165, 1.54) is 7.11 Å². The summed E-state index contributed by atoms with van der Waals surface area (Å²) in [5.41, 5.74) is 2.53. The second-order valence-electron chi connectivity index (χ2n) is 6.12. The molecule has 0 aliphatic carbocycles. The van der Waals surface area contributed by atoms with Gasteiger partial charge in [-0.25, -0.2) is 9.78 Å². The zero-order valence-corrected chi connectivity index (χ0v) is 14.6. The lowest BCUT2D eigenvalue weighted by Gasteiger charge is -2.30. The summed E-state index contributed by atoms with van der Waals surface area (Å²) in [5.74, 6) is 0.119. The fourth-order valence-corrected chi connectivity index (χ4v) is 3.77. The molecule has 2 aromatic rings. The Bertz CT molecular complexity index is 693. The average molecular weight is 346 g/mol. The molecule has 5 nitrogen and oxygen atoms in total. The van der Waals surface area contributed by atoms with Crippen LogP contribution in [0.3, 0.4) is 0 Å². The van der Waals surface area contributed by atoms with E-state index in [1.807, 2.05) is 18.2 Å². The molecule has 128 valence electrons. The third-order valence-electron chi connectivity index (χ3n) is 4.43. The number of methoxy groups -OCH3 is 1. The molecule has 0 atom stereocenters. The van der Waals surface area contributed by atoms with Gasteiger partial charge < -0.3 is 9.84 Å². The zero-order chi connectivity index (χ0) is 16.9. The first-order chi connectivity index (χ1) is 11.7. The van der Waals surface area contributed by atoms with Crippen LogP contribution in [0.15, 0.2) is 29.6 Å². The van der Waals surface area contributed by atoms with E-state index >= 15 is 0 Å². The molecular weight excluding hydrogens is 324 g/mol. The molecule has 1 aromatic heterocycles. The quantitative estimate of drug-likeness (QED) is 0.844. The van der Waals surface area contributed by atoms with Crippen LogP contribution < -0.4 is 0 Å². The first-order valence-corrected chi connectivity index (χ1v) is 9.04. The summed E-state index contributed by atoms with van der Waals surface area (Å²) < 4.78 is 4.77. The highest BCUT2D eigenvalue weighted by Crippen LogP contribution is 2.26. The van der Waals surface area contributed by atoms with Crippen molar-refractivity contribution in [2.45, 2.75) is 19.4 Å². The molecule has 1 aliphatic rings. The fraction of sp³-hybridized carbons (Fsp3) is 0.444. The van der Waals surface area contributed by atoms with Crippen molar-refractivity contribution in [1.82, 2.24) is 9.88 Å². The molecule has 0 spiro atoms. The minimum absolute atomic E-state index is 0.297. The number of rotatable bonds is 5. The first kappa shape index (κ1) is 17.1. The number of piperidine rings is 1. The van der Waals surface area contributed by atoms with Gasteiger partial charge in [-0.3, -0.25) is 4.90 Å². The molecule has 24 heavy (non-hydrogen) atoms. The summed E-state index contributed by atoms with van der Waals surface area (Å²) in [6.07, 6.45) is 2.10. The Kier molecular flexibility index (Phi) is 5.60. The molecule has 6 heteroatoms. The molecular formula is C18H22N2O3S. The molecule has 0 amide bonds. The third kappa shape index (κ3) is 4.01. The minimum Gasteiger partial charge on any atom is -0.465 e. The number of hydrogen-bond donors (Lipinski definition) is 1. The van der Waals surface area contributed by atoms with E-state index in [4.69, 9.17) is 9.72 Å². The van der Waals surface area contributed by atoms with Crippen LogP contribution in [-0.2, 0) is 11.3 Å². The van der Waals surface area contributed by atoms with E-state index in [0.29, 0.717) is 18.1 Å². The van der Waals surface area contributed by atoms with Gasteiger partial charge in [0.2, 0.25) is 0 Å². The molecule has 1 aliphatic heterocycles. The maximum Gasteiger partial charge on any atom is 0.337 e. The van der Waals surface area contributed by atoms with E-state index in [-0.39, 0.29) is 5.97 Å². The Hall–Kier alpha value is -1.76. The number of benzene rings is 1. The minimum atomic E-state index is -0.333. The van der Waals surface area contributed by atoms with E-state index < -0.39 is 0 Å². The number of thiazole rings is 1. The van der Waals surface area contributed by atoms with Crippen LogP contribution in [0.2, 0.25) is 0 Å². The summed E-state index contributed by atoms with van der Waals surface area (Å²) in [6, 6.07) is 7.38. The van der Waals surface area contributed by atoms with Crippen LogP contribution in [0.5, 0.6) is 0 Å². The molecule has 3 rings (SSSR count). The summed E-state index contributed by atoms with van der Waals surface area (Å²) in [5, 5.41) is 12.2. The maximum absolute atomic E-state index is 11.7. The predicted octanol–water partition coefficient (Wildman–Crippen LogP) is 2.80. The SMILES string of the molecule is COC(=O)c1cccc(-c2nc(CN3CCC(CO)CC3)cs2)c1. The third-order valence-corrected chi connectivity index (χ3v) is 5.37. The van der Waals surface area contributed by atoms with Gasteiger partial charge in [-0.05, 0) is 44.0 Å². The second-order valence-corrected chi connectivity index (χ2v) is 6.98. The van der Waals surface area contributed by atoms with Gasteiger partial charge in [0.15, 0.2) is 0 Å². The number of esters is 1. The predicted molar refractivity (Wildman–Crippen MR) is 94.0 cm³/mol. The standard InChI is InChI=1S/C18H22N2O3S/c1-23-18(22)15-4-2-3-14(9-15)17-19-16(12-24-17)10-20-7-5-13(11-21)6-8-20/h2-4,9,12-13,21H,5-8,10-11H2,1H3. The number of nitrogens with zero attached hydrogens (tertiary/aromatic N) is 2. The molecule has 0 bridgehead atoms. The van der Waals surface area contributed by atoms with Gasteiger partial charge in [0.25, 0.3) is 0 Å². The Morgan fingerprint density at radius 2 is 2.21 bits per heavy atom. The maximum atomic E-state index is 11.7.